The average Bonchev–Trinajstić information content (AvgIpc) is 2.64. The van der Waals surface area contributed by atoms with Crippen molar-refractivity contribution in [1.82, 2.24) is 10.9 Å². The number of hydrogen-bond donors (Lipinski definition) is 2. The van der Waals surface area contributed by atoms with E-state index in [4.69, 9.17) is 4.74 Å². The first-order chi connectivity index (χ1) is 12.5. The molecule has 0 heterocycles. The van der Waals surface area contributed by atoms with Crippen LogP contribution in [0.5, 0.6) is 5.75 Å². The molecule has 2 aromatic rings. The largest absolute Gasteiger partial charge is 0.483 e. The van der Waals surface area contributed by atoms with Gasteiger partial charge in [0, 0.05) is 6.08 Å². The quantitative estimate of drug-likeness (QED) is 0.617. The third kappa shape index (κ3) is 6.05. The average molecular weight is 356 g/mol. The summed E-state index contributed by atoms with van der Waals surface area (Å²) < 4.78 is 18.3. The van der Waals surface area contributed by atoms with Crippen molar-refractivity contribution in [2.24, 2.45) is 0 Å². The highest BCUT2D eigenvalue weighted by Crippen LogP contribution is 2.25. The molecule has 0 atom stereocenters. The second kappa shape index (κ2) is 9.36. The Morgan fingerprint density at radius 3 is 2.46 bits per heavy atom. The van der Waals surface area contributed by atoms with Crippen LogP contribution < -0.4 is 15.6 Å². The Balaban J connectivity index is 1.78. The minimum absolute atomic E-state index is 0.217. The van der Waals surface area contributed by atoms with Gasteiger partial charge in [-0.3, -0.25) is 20.4 Å². The Morgan fingerprint density at radius 1 is 1.08 bits per heavy atom. The first kappa shape index (κ1) is 19.2. The predicted octanol–water partition coefficient (Wildman–Crippen LogP) is 3.19. The summed E-state index contributed by atoms with van der Waals surface area (Å²) in [4.78, 5) is 23.5. The van der Waals surface area contributed by atoms with Crippen LogP contribution in [0.2, 0.25) is 0 Å². The van der Waals surface area contributed by atoms with Crippen LogP contribution in [-0.4, -0.2) is 18.4 Å². The maximum Gasteiger partial charge on any atom is 0.276 e. The molecule has 0 saturated carbocycles. The molecule has 0 aliphatic rings. The lowest BCUT2D eigenvalue weighted by Crippen LogP contribution is -2.43. The summed E-state index contributed by atoms with van der Waals surface area (Å²) in [6, 6.07) is 13.2. The maximum atomic E-state index is 12.8. The molecule has 0 bridgehead atoms. The minimum atomic E-state index is -0.509. The lowest BCUT2D eigenvalue weighted by Gasteiger charge is -2.13. The number of amides is 2. The molecular formula is C20H21FN2O3. The molecule has 6 heteroatoms. The van der Waals surface area contributed by atoms with E-state index in [0.717, 1.165) is 5.56 Å². The summed E-state index contributed by atoms with van der Waals surface area (Å²) >= 11 is 0. The molecule has 0 aliphatic carbocycles. The molecule has 2 N–H and O–H groups in total. The summed E-state index contributed by atoms with van der Waals surface area (Å²) in [6.45, 7) is 3.86. The van der Waals surface area contributed by atoms with Gasteiger partial charge in [0.2, 0.25) is 0 Å². The van der Waals surface area contributed by atoms with E-state index in [0.29, 0.717) is 11.3 Å². The normalized spacial score (nSPS) is 10.8. The molecule has 2 amide bonds. The first-order valence-electron chi connectivity index (χ1n) is 8.20. The highest BCUT2D eigenvalue weighted by atomic mass is 19.1. The fourth-order valence-corrected chi connectivity index (χ4v) is 2.19. The van der Waals surface area contributed by atoms with Gasteiger partial charge in [-0.2, -0.15) is 0 Å². The number of halogens is 1. The molecule has 0 radical (unpaired) electrons. The topological polar surface area (TPSA) is 67.4 Å². The number of hydrogen-bond acceptors (Lipinski definition) is 3. The number of carbonyl (C=O) groups is 2. The summed E-state index contributed by atoms with van der Waals surface area (Å²) in [5, 5.41) is 0. The lowest BCUT2D eigenvalue weighted by molar-refractivity contribution is -0.128. The molecule has 2 rings (SSSR count). The molecule has 0 unspecified atom stereocenters. The van der Waals surface area contributed by atoms with Crippen LogP contribution in [0.25, 0.3) is 6.08 Å². The van der Waals surface area contributed by atoms with Gasteiger partial charge >= 0.3 is 0 Å². The zero-order valence-corrected chi connectivity index (χ0v) is 14.7. The van der Waals surface area contributed by atoms with Crippen molar-refractivity contribution in [3.05, 3.63) is 71.6 Å². The monoisotopic (exact) mass is 356 g/mol. The maximum absolute atomic E-state index is 12.8. The molecule has 0 saturated heterocycles. The van der Waals surface area contributed by atoms with Gasteiger partial charge in [-0.25, -0.2) is 4.39 Å². The Kier molecular flexibility index (Phi) is 6.91. The van der Waals surface area contributed by atoms with Gasteiger partial charge < -0.3 is 4.74 Å². The van der Waals surface area contributed by atoms with E-state index >= 15 is 0 Å². The van der Waals surface area contributed by atoms with Crippen LogP contribution in [0, 0.1) is 5.82 Å². The van der Waals surface area contributed by atoms with Crippen molar-refractivity contribution in [3.63, 3.8) is 0 Å². The Morgan fingerprint density at radius 2 is 1.77 bits per heavy atom. The molecule has 0 aliphatic heterocycles. The molecular weight excluding hydrogens is 335 g/mol. The minimum Gasteiger partial charge on any atom is -0.483 e. The predicted molar refractivity (Wildman–Crippen MR) is 97.7 cm³/mol. The molecule has 0 aromatic heterocycles. The van der Waals surface area contributed by atoms with E-state index < -0.39 is 11.8 Å². The number of hydrazine groups is 1. The van der Waals surface area contributed by atoms with Crippen molar-refractivity contribution >= 4 is 17.9 Å². The van der Waals surface area contributed by atoms with E-state index in [1.54, 1.807) is 6.07 Å². The number of nitrogens with one attached hydrogen (secondary N) is 2. The molecule has 0 spiro atoms. The van der Waals surface area contributed by atoms with Gasteiger partial charge in [-0.05, 0) is 41.3 Å². The Labute approximate surface area is 151 Å². The number of rotatable bonds is 6. The van der Waals surface area contributed by atoms with E-state index in [2.05, 4.69) is 10.9 Å². The van der Waals surface area contributed by atoms with Crippen LogP contribution >= 0.6 is 0 Å². The van der Waals surface area contributed by atoms with Crippen LogP contribution in [0.15, 0.2) is 54.6 Å². The zero-order chi connectivity index (χ0) is 18.9. The van der Waals surface area contributed by atoms with Gasteiger partial charge in [-0.1, -0.05) is 44.2 Å². The van der Waals surface area contributed by atoms with Crippen molar-refractivity contribution < 1.29 is 18.7 Å². The second-order valence-electron chi connectivity index (χ2n) is 5.90. The van der Waals surface area contributed by atoms with Crippen molar-refractivity contribution in [3.8, 4) is 5.75 Å². The smallest absolute Gasteiger partial charge is 0.276 e. The molecule has 26 heavy (non-hydrogen) atoms. The SMILES string of the molecule is CC(C)c1ccccc1OCC(=O)NNC(=O)C=Cc1ccc(F)cc1. The molecule has 5 nitrogen and oxygen atoms in total. The number of carbonyl (C=O) groups excluding carboxylic acids is 2. The van der Waals surface area contributed by atoms with Crippen molar-refractivity contribution in [2.45, 2.75) is 19.8 Å². The fourth-order valence-electron chi connectivity index (χ4n) is 2.19. The summed E-state index contributed by atoms with van der Waals surface area (Å²) in [6.07, 6.45) is 2.75. The summed E-state index contributed by atoms with van der Waals surface area (Å²) in [7, 11) is 0. The fraction of sp³-hybridized carbons (Fsp3) is 0.200. The third-order valence-corrected chi connectivity index (χ3v) is 3.52. The van der Waals surface area contributed by atoms with Crippen LogP contribution in [-0.2, 0) is 9.59 Å². The van der Waals surface area contributed by atoms with Crippen LogP contribution in [0.3, 0.4) is 0 Å². The first-order valence-corrected chi connectivity index (χ1v) is 8.20. The van der Waals surface area contributed by atoms with Gasteiger partial charge in [0.15, 0.2) is 6.61 Å². The van der Waals surface area contributed by atoms with Gasteiger partial charge in [0.25, 0.3) is 11.8 Å². The van der Waals surface area contributed by atoms with E-state index in [1.807, 2.05) is 32.0 Å². The molecule has 0 fully saturated rings. The standard InChI is InChI=1S/C20H21FN2O3/c1-14(2)17-5-3-4-6-18(17)26-13-20(25)23-22-19(24)12-9-15-7-10-16(21)11-8-15/h3-12,14H,13H2,1-2H3,(H,22,24)(H,23,25). The highest BCUT2D eigenvalue weighted by Gasteiger charge is 2.09. The van der Waals surface area contributed by atoms with Crippen LogP contribution in [0.4, 0.5) is 4.39 Å². The number of para-hydroxylation sites is 1. The Hall–Kier alpha value is -3.15. The van der Waals surface area contributed by atoms with E-state index in [9.17, 15) is 14.0 Å². The number of ether oxygens (including phenoxy) is 1. The highest BCUT2D eigenvalue weighted by molar-refractivity contribution is 5.93. The van der Waals surface area contributed by atoms with Gasteiger partial charge in [-0.15, -0.1) is 0 Å². The summed E-state index contributed by atoms with van der Waals surface area (Å²) in [5.41, 5.74) is 6.20. The van der Waals surface area contributed by atoms with Gasteiger partial charge in [0.1, 0.15) is 11.6 Å². The van der Waals surface area contributed by atoms with Crippen molar-refractivity contribution in [1.29, 1.82) is 0 Å². The molecule has 2 aromatic carbocycles. The lowest BCUT2D eigenvalue weighted by atomic mass is 10.0. The summed E-state index contributed by atoms with van der Waals surface area (Å²) in [5.74, 6) is -0.430. The van der Waals surface area contributed by atoms with E-state index in [1.165, 1.54) is 36.4 Å². The third-order valence-electron chi connectivity index (χ3n) is 3.52. The molecule has 136 valence electrons. The second-order valence-corrected chi connectivity index (χ2v) is 5.90. The van der Waals surface area contributed by atoms with Crippen molar-refractivity contribution in [2.75, 3.05) is 6.61 Å². The Bertz CT molecular complexity index is 786. The van der Waals surface area contributed by atoms with Crippen LogP contribution in [0.1, 0.15) is 30.9 Å². The van der Waals surface area contributed by atoms with Gasteiger partial charge in [0.05, 0.1) is 0 Å². The number of benzene rings is 2. The zero-order valence-electron chi connectivity index (χ0n) is 14.7. The van der Waals surface area contributed by atoms with E-state index in [-0.39, 0.29) is 18.3 Å².